The molecule has 0 aromatic heterocycles. The fourth-order valence-electron chi connectivity index (χ4n) is 3.14. The summed E-state index contributed by atoms with van der Waals surface area (Å²) in [6.45, 7) is 6.87. The summed E-state index contributed by atoms with van der Waals surface area (Å²) in [5, 5.41) is 5.15. The van der Waals surface area contributed by atoms with E-state index in [0.717, 1.165) is 22.1 Å². The Morgan fingerprint density at radius 3 is 2.54 bits per heavy atom. The van der Waals surface area contributed by atoms with E-state index in [2.05, 4.69) is 24.4 Å². The Labute approximate surface area is 166 Å². The number of aryl methyl sites for hydroxylation is 2. The van der Waals surface area contributed by atoms with Crippen LogP contribution in [0.1, 0.15) is 24.5 Å². The van der Waals surface area contributed by atoms with Gasteiger partial charge in [0, 0.05) is 0 Å². The monoisotopic (exact) mass is 377 g/mol. The van der Waals surface area contributed by atoms with Crippen LogP contribution < -0.4 is 14.8 Å². The number of hydrogen-bond acceptors (Lipinski definition) is 3. The van der Waals surface area contributed by atoms with Crippen molar-refractivity contribution in [2.45, 2.75) is 33.3 Å². The first-order valence-corrected chi connectivity index (χ1v) is 9.70. The molecular formula is C24H27NO3. The number of fused-ring (bicyclic) bond motifs is 1. The standard InChI is InChI=1S/C24H27NO3/c1-4-22(28-21-11-10-19-7-5-6-8-20(19)16-21)24(26)25-13-14-27-23-12-9-17(2)15-18(23)3/h5-12,15-16,22H,4,13-14H2,1-3H3,(H,25,26)/t22-/m1/s1. The molecule has 0 bridgehead atoms. The maximum Gasteiger partial charge on any atom is 0.261 e. The molecule has 0 aliphatic heterocycles. The van der Waals surface area contributed by atoms with Gasteiger partial charge in [0.05, 0.1) is 6.54 Å². The minimum absolute atomic E-state index is 0.125. The van der Waals surface area contributed by atoms with Gasteiger partial charge in [-0.2, -0.15) is 0 Å². The van der Waals surface area contributed by atoms with Gasteiger partial charge in [-0.05, 0) is 54.8 Å². The lowest BCUT2D eigenvalue weighted by Gasteiger charge is -2.18. The Bertz CT molecular complexity index is 951. The van der Waals surface area contributed by atoms with Crippen LogP contribution in [0, 0.1) is 13.8 Å². The largest absolute Gasteiger partial charge is 0.491 e. The molecule has 146 valence electrons. The molecule has 0 saturated carbocycles. The van der Waals surface area contributed by atoms with Gasteiger partial charge in [0.1, 0.15) is 18.1 Å². The van der Waals surface area contributed by atoms with E-state index < -0.39 is 6.10 Å². The molecule has 4 nitrogen and oxygen atoms in total. The Balaban J connectivity index is 1.51. The number of nitrogens with one attached hydrogen (secondary N) is 1. The summed E-state index contributed by atoms with van der Waals surface area (Å²) in [5.41, 5.74) is 2.30. The Kier molecular flexibility index (Phi) is 6.53. The topological polar surface area (TPSA) is 47.6 Å². The summed E-state index contributed by atoms with van der Waals surface area (Å²) < 4.78 is 11.7. The van der Waals surface area contributed by atoms with E-state index in [4.69, 9.17) is 9.47 Å². The molecule has 0 unspecified atom stereocenters. The predicted octanol–water partition coefficient (Wildman–Crippen LogP) is 4.81. The number of ether oxygens (including phenoxy) is 2. The molecule has 0 spiro atoms. The molecule has 0 aliphatic carbocycles. The predicted molar refractivity (Wildman–Crippen MR) is 113 cm³/mol. The highest BCUT2D eigenvalue weighted by Crippen LogP contribution is 2.22. The fraction of sp³-hybridized carbons (Fsp3) is 0.292. The Hall–Kier alpha value is -3.01. The average Bonchev–Trinajstić information content (AvgIpc) is 2.70. The first-order valence-electron chi connectivity index (χ1n) is 9.70. The molecule has 28 heavy (non-hydrogen) atoms. The second-order valence-corrected chi connectivity index (χ2v) is 6.93. The zero-order valence-corrected chi connectivity index (χ0v) is 16.7. The molecule has 0 saturated heterocycles. The summed E-state index contributed by atoms with van der Waals surface area (Å²) in [6, 6.07) is 20.0. The molecule has 3 aromatic carbocycles. The van der Waals surface area contributed by atoms with Gasteiger partial charge in [0.25, 0.3) is 5.91 Å². The van der Waals surface area contributed by atoms with Crippen LogP contribution in [-0.4, -0.2) is 25.2 Å². The van der Waals surface area contributed by atoms with Crippen molar-refractivity contribution in [3.05, 3.63) is 71.8 Å². The summed E-state index contributed by atoms with van der Waals surface area (Å²) in [7, 11) is 0. The molecule has 3 aromatic rings. The van der Waals surface area contributed by atoms with Gasteiger partial charge in [-0.15, -0.1) is 0 Å². The van der Waals surface area contributed by atoms with Crippen LogP contribution >= 0.6 is 0 Å². The Morgan fingerprint density at radius 1 is 1.00 bits per heavy atom. The van der Waals surface area contributed by atoms with Crippen molar-refractivity contribution < 1.29 is 14.3 Å². The lowest BCUT2D eigenvalue weighted by atomic mass is 10.1. The van der Waals surface area contributed by atoms with Crippen LogP contribution in [0.3, 0.4) is 0 Å². The van der Waals surface area contributed by atoms with Crippen LogP contribution in [0.2, 0.25) is 0 Å². The first kappa shape index (κ1) is 19.7. The molecular weight excluding hydrogens is 350 g/mol. The van der Waals surface area contributed by atoms with Crippen LogP contribution in [-0.2, 0) is 4.79 Å². The third-order valence-corrected chi connectivity index (χ3v) is 4.65. The second-order valence-electron chi connectivity index (χ2n) is 6.93. The summed E-state index contributed by atoms with van der Waals surface area (Å²) in [4.78, 5) is 12.5. The van der Waals surface area contributed by atoms with E-state index in [1.54, 1.807) is 0 Å². The van der Waals surface area contributed by atoms with Crippen LogP contribution in [0.5, 0.6) is 11.5 Å². The van der Waals surface area contributed by atoms with E-state index in [9.17, 15) is 4.79 Å². The van der Waals surface area contributed by atoms with Gasteiger partial charge < -0.3 is 14.8 Å². The van der Waals surface area contributed by atoms with Crippen molar-refractivity contribution in [3.8, 4) is 11.5 Å². The van der Waals surface area contributed by atoms with Crippen molar-refractivity contribution in [1.29, 1.82) is 0 Å². The molecule has 3 rings (SSSR count). The maximum atomic E-state index is 12.5. The molecule has 4 heteroatoms. The zero-order valence-electron chi connectivity index (χ0n) is 16.7. The maximum absolute atomic E-state index is 12.5. The normalized spacial score (nSPS) is 11.8. The number of carbonyl (C=O) groups is 1. The minimum Gasteiger partial charge on any atom is -0.491 e. The SMILES string of the molecule is CC[C@@H](Oc1ccc2ccccc2c1)C(=O)NCCOc1ccc(C)cc1C. The van der Waals surface area contributed by atoms with Crippen molar-refractivity contribution in [3.63, 3.8) is 0 Å². The fourth-order valence-corrected chi connectivity index (χ4v) is 3.14. The molecule has 1 atom stereocenters. The first-order chi connectivity index (χ1) is 13.6. The van der Waals surface area contributed by atoms with E-state index in [1.165, 1.54) is 5.56 Å². The summed E-state index contributed by atoms with van der Waals surface area (Å²) >= 11 is 0. The molecule has 1 N–H and O–H groups in total. The van der Waals surface area contributed by atoms with E-state index >= 15 is 0 Å². The number of benzene rings is 3. The highest BCUT2D eigenvalue weighted by Gasteiger charge is 2.18. The van der Waals surface area contributed by atoms with E-state index in [1.807, 2.05) is 62.4 Å². The van der Waals surface area contributed by atoms with Crippen molar-refractivity contribution >= 4 is 16.7 Å². The molecule has 0 aliphatic rings. The lowest BCUT2D eigenvalue weighted by Crippen LogP contribution is -2.39. The smallest absolute Gasteiger partial charge is 0.261 e. The van der Waals surface area contributed by atoms with Gasteiger partial charge in [-0.25, -0.2) is 0 Å². The number of amides is 1. The third-order valence-electron chi connectivity index (χ3n) is 4.65. The number of rotatable bonds is 8. The summed E-state index contributed by atoms with van der Waals surface area (Å²) in [5.74, 6) is 1.42. The highest BCUT2D eigenvalue weighted by atomic mass is 16.5. The molecule has 1 amide bonds. The average molecular weight is 377 g/mol. The van der Waals surface area contributed by atoms with Crippen molar-refractivity contribution in [2.75, 3.05) is 13.2 Å². The molecule has 0 fully saturated rings. The summed E-state index contributed by atoms with van der Waals surface area (Å²) in [6.07, 6.45) is 0.0682. The van der Waals surface area contributed by atoms with Gasteiger partial charge in [0.2, 0.25) is 0 Å². The van der Waals surface area contributed by atoms with Crippen molar-refractivity contribution in [2.24, 2.45) is 0 Å². The highest BCUT2D eigenvalue weighted by molar-refractivity contribution is 5.84. The Morgan fingerprint density at radius 2 is 1.79 bits per heavy atom. The number of carbonyl (C=O) groups excluding carboxylic acids is 1. The third kappa shape index (κ3) is 5.03. The lowest BCUT2D eigenvalue weighted by molar-refractivity contribution is -0.128. The van der Waals surface area contributed by atoms with E-state index in [-0.39, 0.29) is 5.91 Å². The quantitative estimate of drug-likeness (QED) is 0.573. The van der Waals surface area contributed by atoms with E-state index in [0.29, 0.717) is 25.3 Å². The van der Waals surface area contributed by atoms with Crippen LogP contribution in [0.4, 0.5) is 0 Å². The van der Waals surface area contributed by atoms with Gasteiger partial charge in [-0.3, -0.25) is 4.79 Å². The van der Waals surface area contributed by atoms with Gasteiger partial charge in [-0.1, -0.05) is 55.0 Å². The number of hydrogen-bond donors (Lipinski definition) is 1. The van der Waals surface area contributed by atoms with Crippen molar-refractivity contribution in [1.82, 2.24) is 5.32 Å². The second kappa shape index (κ2) is 9.27. The zero-order chi connectivity index (χ0) is 19.9. The molecule has 0 radical (unpaired) electrons. The van der Waals surface area contributed by atoms with Crippen LogP contribution in [0.15, 0.2) is 60.7 Å². The molecule has 0 heterocycles. The minimum atomic E-state index is -0.526. The van der Waals surface area contributed by atoms with Crippen LogP contribution in [0.25, 0.3) is 10.8 Å². The van der Waals surface area contributed by atoms with Gasteiger partial charge >= 0.3 is 0 Å². The van der Waals surface area contributed by atoms with Gasteiger partial charge in [0.15, 0.2) is 6.10 Å².